The maximum Gasteiger partial charge on any atom is 0.128 e. The van der Waals surface area contributed by atoms with Crippen molar-refractivity contribution in [3.8, 4) is 0 Å². The van der Waals surface area contributed by atoms with Gasteiger partial charge >= 0.3 is 0 Å². The van der Waals surface area contributed by atoms with Gasteiger partial charge in [-0.3, -0.25) is 4.90 Å². The molecule has 2 heterocycles. The smallest absolute Gasteiger partial charge is 0.128 e. The highest BCUT2D eigenvalue weighted by Gasteiger charge is 2.31. The first-order valence-corrected chi connectivity index (χ1v) is 9.09. The van der Waals surface area contributed by atoms with E-state index in [-0.39, 0.29) is 5.82 Å². The number of rotatable bonds is 5. The molecule has 1 saturated heterocycles. The van der Waals surface area contributed by atoms with Crippen molar-refractivity contribution >= 4 is 0 Å². The summed E-state index contributed by atoms with van der Waals surface area (Å²) in [7, 11) is 0. The van der Waals surface area contributed by atoms with Crippen molar-refractivity contribution in [1.29, 1.82) is 0 Å². The van der Waals surface area contributed by atoms with Gasteiger partial charge in [0.2, 0.25) is 0 Å². The van der Waals surface area contributed by atoms with E-state index in [1.54, 1.807) is 12.1 Å². The average Bonchev–Trinajstić information content (AvgIpc) is 2.80. The molecule has 0 amide bonds. The number of hydrogen-bond donors (Lipinski definition) is 1. The first-order valence-electron chi connectivity index (χ1n) is 9.09. The molecule has 1 aliphatic rings. The molecule has 1 aromatic heterocycles. The van der Waals surface area contributed by atoms with Crippen molar-refractivity contribution in [2.45, 2.75) is 51.2 Å². The Morgan fingerprint density at radius 3 is 2.52 bits per heavy atom. The molecular weight excluding hydrogens is 317 g/mol. The van der Waals surface area contributed by atoms with E-state index in [1.807, 2.05) is 12.4 Å². The van der Waals surface area contributed by atoms with E-state index in [0.717, 1.165) is 55.8 Å². The first-order chi connectivity index (χ1) is 12.1. The summed E-state index contributed by atoms with van der Waals surface area (Å²) in [4.78, 5) is 11.2. The fourth-order valence-corrected chi connectivity index (χ4v) is 3.46. The molecule has 0 aliphatic carbocycles. The molecule has 5 heteroatoms. The molecule has 134 valence electrons. The Morgan fingerprint density at radius 2 is 1.84 bits per heavy atom. The van der Waals surface area contributed by atoms with Gasteiger partial charge < -0.3 is 5.11 Å². The second-order valence-corrected chi connectivity index (χ2v) is 6.93. The van der Waals surface area contributed by atoms with Crippen LogP contribution in [-0.4, -0.2) is 33.1 Å². The van der Waals surface area contributed by atoms with Gasteiger partial charge in [-0.25, -0.2) is 14.4 Å². The third-order valence-corrected chi connectivity index (χ3v) is 4.93. The van der Waals surface area contributed by atoms with Crippen LogP contribution < -0.4 is 0 Å². The highest BCUT2D eigenvalue weighted by molar-refractivity contribution is 5.23. The molecule has 0 bridgehead atoms. The summed E-state index contributed by atoms with van der Waals surface area (Å²) in [5.41, 5.74) is 1.04. The van der Waals surface area contributed by atoms with Crippen LogP contribution in [0.25, 0.3) is 0 Å². The van der Waals surface area contributed by atoms with Crippen molar-refractivity contribution in [2.75, 3.05) is 13.1 Å². The van der Waals surface area contributed by atoms with Gasteiger partial charge in [0.25, 0.3) is 0 Å². The number of aryl methyl sites for hydroxylation is 1. The van der Waals surface area contributed by atoms with Crippen molar-refractivity contribution in [1.82, 2.24) is 14.9 Å². The summed E-state index contributed by atoms with van der Waals surface area (Å²) < 4.78 is 13.1. The normalized spacial score (nSPS) is 21.9. The molecular formula is C20H26FN3O. The Balaban J connectivity index is 1.62. The van der Waals surface area contributed by atoms with E-state index in [2.05, 4.69) is 21.8 Å². The molecule has 0 spiro atoms. The van der Waals surface area contributed by atoms with E-state index >= 15 is 0 Å². The monoisotopic (exact) mass is 343 g/mol. The minimum Gasteiger partial charge on any atom is -0.385 e. The van der Waals surface area contributed by atoms with Gasteiger partial charge in [-0.05, 0) is 49.9 Å². The van der Waals surface area contributed by atoms with Gasteiger partial charge in [0.15, 0.2) is 0 Å². The summed E-state index contributed by atoms with van der Waals surface area (Å²) in [6.07, 6.45) is 8.03. The molecule has 2 aromatic rings. The average molecular weight is 343 g/mol. The second kappa shape index (κ2) is 8.02. The quantitative estimate of drug-likeness (QED) is 0.903. The van der Waals surface area contributed by atoms with Crippen LogP contribution in [0.3, 0.4) is 0 Å². The first kappa shape index (κ1) is 18.0. The predicted molar refractivity (Wildman–Crippen MR) is 95.5 cm³/mol. The van der Waals surface area contributed by atoms with Gasteiger partial charge in [-0.1, -0.05) is 19.1 Å². The fraction of sp³-hybridized carbons (Fsp3) is 0.500. The molecule has 0 saturated carbocycles. The number of likely N-dealkylation sites (tertiary alicyclic amines) is 1. The molecule has 1 atom stereocenters. The summed E-state index contributed by atoms with van der Waals surface area (Å²) >= 11 is 0. The van der Waals surface area contributed by atoms with Crippen LogP contribution in [0.5, 0.6) is 0 Å². The van der Waals surface area contributed by atoms with Crippen LogP contribution in [0.4, 0.5) is 4.39 Å². The number of aromatic nitrogens is 2. The molecule has 1 fully saturated rings. The number of aliphatic hydroxyl groups is 1. The summed E-state index contributed by atoms with van der Waals surface area (Å²) in [5, 5.41) is 11.0. The van der Waals surface area contributed by atoms with Crippen LogP contribution in [0.1, 0.15) is 49.6 Å². The number of hydrogen-bond acceptors (Lipinski definition) is 4. The van der Waals surface area contributed by atoms with Crippen LogP contribution in [0.15, 0.2) is 36.7 Å². The third-order valence-electron chi connectivity index (χ3n) is 4.93. The Morgan fingerprint density at radius 1 is 1.12 bits per heavy atom. The number of nitrogens with zero attached hydrogens (tertiary/aromatic N) is 3. The Hall–Kier alpha value is -1.85. The summed E-state index contributed by atoms with van der Waals surface area (Å²) in [5.74, 6) is 0.627. The topological polar surface area (TPSA) is 49.2 Å². The molecule has 25 heavy (non-hydrogen) atoms. The van der Waals surface area contributed by atoms with Crippen molar-refractivity contribution in [3.05, 3.63) is 59.4 Å². The van der Waals surface area contributed by atoms with E-state index < -0.39 is 5.60 Å². The Kier molecular flexibility index (Phi) is 5.76. The van der Waals surface area contributed by atoms with Gasteiger partial charge in [0.05, 0.1) is 5.60 Å². The standard InChI is InChI=1S/C20H26FN3O/c1-2-4-19-22-13-16(14-23-19)15-24-11-3-9-20(25,10-12-24)17-5-7-18(21)8-6-17/h5-8,13-14,25H,2-4,9-12,15H2,1H3/t20-/m0/s1. The SMILES string of the molecule is CCCc1ncc(CN2CCC[C@@](O)(c3ccc(F)cc3)CC2)cn1. The van der Waals surface area contributed by atoms with Crippen LogP contribution in [0, 0.1) is 5.82 Å². The molecule has 4 nitrogen and oxygen atoms in total. The lowest BCUT2D eigenvalue weighted by Crippen LogP contribution is -2.29. The van der Waals surface area contributed by atoms with E-state index in [4.69, 9.17) is 0 Å². The van der Waals surface area contributed by atoms with Gasteiger partial charge in [-0.2, -0.15) is 0 Å². The highest BCUT2D eigenvalue weighted by atomic mass is 19.1. The van der Waals surface area contributed by atoms with Crippen LogP contribution in [-0.2, 0) is 18.6 Å². The second-order valence-electron chi connectivity index (χ2n) is 6.93. The lowest BCUT2D eigenvalue weighted by molar-refractivity contribution is 0.0209. The zero-order valence-electron chi connectivity index (χ0n) is 14.8. The Labute approximate surface area is 148 Å². The van der Waals surface area contributed by atoms with Crippen LogP contribution in [0.2, 0.25) is 0 Å². The fourth-order valence-electron chi connectivity index (χ4n) is 3.46. The maximum atomic E-state index is 13.1. The molecule has 1 N–H and O–H groups in total. The highest BCUT2D eigenvalue weighted by Crippen LogP contribution is 2.33. The number of benzene rings is 1. The Bertz CT molecular complexity index is 674. The minimum absolute atomic E-state index is 0.269. The van der Waals surface area contributed by atoms with E-state index in [9.17, 15) is 9.50 Å². The third kappa shape index (κ3) is 4.61. The van der Waals surface area contributed by atoms with Gasteiger partial charge in [-0.15, -0.1) is 0 Å². The molecule has 3 rings (SSSR count). The zero-order valence-corrected chi connectivity index (χ0v) is 14.8. The van der Waals surface area contributed by atoms with E-state index in [0.29, 0.717) is 12.8 Å². The predicted octanol–water partition coefficient (Wildman–Crippen LogP) is 3.44. The lowest BCUT2D eigenvalue weighted by Gasteiger charge is -2.27. The molecule has 0 unspecified atom stereocenters. The van der Waals surface area contributed by atoms with Gasteiger partial charge in [0, 0.05) is 37.5 Å². The molecule has 1 aromatic carbocycles. The van der Waals surface area contributed by atoms with E-state index in [1.165, 1.54) is 12.1 Å². The minimum atomic E-state index is -0.871. The van der Waals surface area contributed by atoms with Crippen LogP contribution >= 0.6 is 0 Å². The molecule has 1 aliphatic heterocycles. The molecule has 0 radical (unpaired) electrons. The van der Waals surface area contributed by atoms with Gasteiger partial charge in [0.1, 0.15) is 11.6 Å². The lowest BCUT2D eigenvalue weighted by atomic mass is 9.87. The maximum absolute atomic E-state index is 13.1. The van der Waals surface area contributed by atoms with Crippen molar-refractivity contribution in [2.24, 2.45) is 0 Å². The number of halogens is 1. The largest absolute Gasteiger partial charge is 0.385 e. The zero-order chi connectivity index (χ0) is 17.7. The van der Waals surface area contributed by atoms with Crippen molar-refractivity contribution < 1.29 is 9.50 Å². The summed E-state index contributed by atoms with van der Waals surface area (Å²) in [6.45, 7) is 4.65. The van der Waals surface area contributed by atoms with Crippen molar-refractivity contribution in [3.63, 3.8) is 0 Å². The summed E-state index contributed by atoms with van der Waals surface area (Å²) in [6, 6.07) is 6.24.